The molecule has 0 aliphatic heterocycles. The van der Waals surface area contributed by atoms with Crippen molar-refractivity contribution in [3.8, 4) is 6.07 Å². The van der Waals surface area contributed by atoms with Crippen LogP contribution in [0.25, 0.3) is 10.8 Å². The number of Topliss-reactive ketones (excluding diaryl/α,β-unsaturated/α-hetero) is 1. The van der Waals surface area contributed by atoms with Gasteiger partial charge in [-0.15, -0.1) is 0 Å². The van der Waals surface area contributed by atoms with Gasteiger partial charge in [-0.05, 0) is 22.4 Å². The average Bonchev–Trinajstić information content (AvgIpc) is 2.65. The Morgan fingerprint density at radius 3 is 2.12 bits per heavy atom. The molecule has 0 bridgehead atoms. The van der Waals surface area contributed by atoms with Gasteiger partial charge in [0.2, 0.25) is 0 Å². The van der Waals surface area contributed by atoms with Crippen molar-refractivity contribution in [1.29, 1.82) is 5.26 Å². The van der Waals surface area contributed by atoms with E-state index in [4.69, 9.17) is 0 Å². The first-order valence-corrected chi connectivity index (χ1v) is 7.93. The van der Waals surface area contributed by atoms with Gasteiger partial charge in [-0.25, -0.2) is 0 Å². The number of rotatable bonds is 4. The monoisotopic (exact) mass is 353 g/mol. The molecule has 0 unspecified atom stereocenters. The lowest BCUT2D eigenvalue weighted by Crippen LogP contribution is -2.43. The molecule has 130 valence electrons. The van der Waals surface area contributed by atoms with Crippen molar-refractivity contribution in [3.05, 3.63) is 83.9 Å². The largest absolute Gasteiger partial charge is 0.411 e. The first-order valence-electron chi connectivity index (χ1n) is 7.93. The van der Waals surface area contributed by atoms with Gasteiger partial charge in [-0.3, -0.25) is 4.79 Å². The van der Waals surface area contributed by atoms with E-state index in [-0.39, 0.29) is 11.1 Å². The van der Waals surface area contributed by atoms with Crippen molar-refractivity contribution in [2.45, 2.75) is 18.0 Å². The highest BCUT2D eigenvalue weighted by Gasteiger charge is 2.57. The smallest absolute Gasteiger partial charge is 0.294 e. The van der Waals surface area contributed by atoms with Crippen molar-refractivity contribution in [3.63, 3.8) is 0 Å². The van der Waals surface area contributed by atoms with Crippen LogP contribution in [-0.2, 0) is 5.41 Å². The number of nitrogens with zero attached hydrogens (tertiary/aromatic N) is 1. The van der Waals surface area contributed by atoms with Crippen LogP contribution in [0, 0.1) is 11.3 Å². The van der Waals surface area contributed by atoms with Gasteiger partial charge in [0.05, 0.1) is 6.07 Å². The third kappa shape index (κ3) is 3.06. The van der Waals surface area contributed by atoms with Crippen LogP contribution in [0.2, 0.25) is 0 Å². The summed E-state index contributed by atoms with van der Waals surface area (Å²) in [6.07, 6.45) is -5.86. The maximum absolute atomic E-state index is 14.0. The summed E-state index contributed by atoms with van der Waals surface area (Å²) in [4.78, 5) is 12.5. The molecule has 0 fully saturated rings. The number of nitriles is 1. The van der Waals surface area contributed by atoms with Gasteiger partial charge in [-0.2, -0.15) is 18.4 Å². The van der Waals surface area contributed by atoms with Crippen LogP contribution in [0.15, 0.2) is 72.8 Å². The topological polar surface area (TPSA) is 40.9 Å². The maximum atomic E-state index is 14.0. The minimum absolute atomic E-state index is 0.150. The number of hydrogen-bond donors (Lipinski definition) is 0. The van der Waals surface area contributed by atoms with E-state index in [2.05, 4.69) is 0 Å². The molecule has 1 atom stereocenters. The first kappa shape index (κ1) is 17.7. The second kappa shape index (κ2) is 6.64. The van der Waals surface area contributed by atoms with E-state index in [1.54, 1.807) is 42.5 Å². The Bertz CT molecular complexity index is 989. The van der Waals surface area contributed by atoms with E-state index in [9.17, 15) is 23.2 Å². The zero-order chi connectivity index (χ0) is 18.8. The van der Waals surface area contributed by atoms with Crippen LogP contribution >= 0.6 is 0 Å². The van der Waals surface area contributed by atoms with Gasteiger partial charge < -0.3 is 0 Å². The van der Waals surface area contributed by atoms with E-state index in [1.165, 1.54) is 36.4 Å². The molecular weight excluding hydrogens is 339 g/mol. The molecule has 0 aliphatic carbocycles. The van der Waals surface area contributed by atoms with E-state index >= 15 is 0 Å². The third-order valence-corrected chi connectivity index (χ3v) is 4.44. The molecule has 0 saturated heterocycles. The Labute approximate surface area is 148 Å². The van der Waals surface area contributed by atoms with Gasteiger partial charge in [-0.1, -0.05) is 66.7 Å². The second-order valence-corrected chi connectivity index (χ2v) is 6.04. The normalized spacial score (nSPS) is 13.8. The fourth-order valence-electron chi connectivity index (χ4n) is 2.96. The lowest BCUT2D eigenvalue weighted by Gasteiger charge is -2.29. The van der Waals surface area contributed by atoms with Crippen LogP contribution in [-0.4, -0.2) is 12.0 Å². The van der Waals surface area contributed by atoms with Gasteiger partial charge in [0.15, 0.2) is 11.2 Å². The number of ketones is 1. The average molecular weight is 353 g/mol. The molecular formula is C21H14F3NO. The van der Waals surface area contributed by atoms with E-state index in [0.717, 1.165) is 5.39 Å². The molecule has 0 aromatic heterocycles. The lowest BCUT2D eigenvalue weighted by molar-refractivity contribution is -0.172. The molecule has 0 aliphatic rings. The molecule has 0 saturated carbocycles. The summed E-state index contributed by atoms with van der Waals surface area (Å²) in [5.74, 6) is -0.724. The van der Waals surface area contributed by atoms with Crippen molar-refractivity contribution < 1.29 is 18.0 Å². The molecule has 5 heteroatoms. The standard InChI is InChI=1S/C21H14F3NO/c22-21(23,24)20(14-25,13-19(26)16-7-2-1-3-8-16)18-11-10-15-6-4-5-9-17(15)12-18/h1-12H,13H2/t20-/m0/s1. The predicted octanol–water partition coefficient (Wildman–Crippen LogP) is 5.44. The summed E-state index contributed by atoms with van der Waals surface area (Å²) in [5.41, 5.74) is -2.98. The molecule has 3 aromatic carbocycles. The number of alkyl halides is 3. The summed E-state index contributed by atoms with van der Waals surface area (Å²) in [6.45, 7) is 0. The molecule has 3 rings (SSSR count). The fourth-order valence-corrected chi connectivity index (χ4v) is 2.96. The second-order valence-electron chi connectivity index (χ2n) is 6.04. The Kier molecular flexibility index (Phi) is 4.52. The van der Waals surface area contributed by atoms with Crippen molar-refractivity contribution in [2.75, 3.05) is 0 Å². The van der Waals surface area contributed by atoms with Gasteiger partial charge in [0.1, 0.15) is 0 Å². The lowest BCUT2D eigenvalue weighted by atomic mass is 9.75. The van der Waals surface area contributed by atoms with Crippen molar-refractivity contribution >= 4 is 16.6 Å². The summed E-state index contributed by atoms with van der Waals surface area (Å²) >= 11 is 0. The predicted molar refractivity (Wildman–Crippen MR) is 92.7 cm³/mol. The molecule has 26 heavy (non-hydrogen) atoms. The Morgan fingerprint density at radius 1 is 0.885 bits per heavy atom. The van der Waals surface area contributed by atoms with Gasteiger partial charge in [0, 0.05) is 12.0 Å². The minimum atomic E-state index is -4.89. The number of halogens is 3. The zero-order valence-electron chi connectivity index (χ0n) is 13.6. The first-order chi connectivity index (χ1) is 12.4. The summed E-state index contributed by atoms with van der Waals surface area (Å²) in [5, 5.41) is 10.9. The van der Waals surface area contributed by atoms with Crippen LogP contribution in [0.5, 0.6) is 0 Å². The number of benzene rings is 3. The number of carbonyl (C=O) groups is 1. The highest BCUT2D eigenvalue weighted by atomic mass is 19.4. The molecule has 0 N–H and O–H groups in total. The quantitative estimate of drug-likeness (QED) is 0.586. The maximum Gasteiger partial charge on any atom is 0.411 e. The molecule has 0 radical (unpaired) electrons. The molecule has 0 spiro atoms. The van der Waals surface area contributed by atoms with Crippen LogP contribution in [0.3, 0.4) is 0 Å². The number of fused-ring (bicyclic) bond motifs is 1. The Hall–Kier alpha value is -3.13. The van der Waals surface area contributed by atoms with E-state index < -0.39 is 23.8 Å². The molecule has 2 nitrogen and oxygen atoms in total. The number of carbonyl (C=O) groups excluding carboxylic acids is 1. The fraction of sp³-hybridized carbons (Fsp3) is 0.143. The SMILES string of the molecule is N#C[C@@](CC(=O)c1ccccc1)(c1ccc2ccccc2c1)C(F)(F)F. The van der Waals surface area contributed by atoms with Gasteiger partial charge >= 0.3 is 6.18 Å². The summed E-state index contributed by atoms with van der Waals surface area (Å²) < 4.78 is 41.9. The third-order valence-electron chi connectivity index (χ3n) is 4.44. The highest BCUT2D eigenvalue weighted by Crippen LogP contribution is 2.44. The van der Waals surface area contributed by atoms with Crippen LogP contribution in [0.4, 0.5) is 13.2 Å². The Morgan fingerprint density at radius 2 is 1.50 bits per heavy atom. The molecule has 0 heterocycles. The molecule has 3 aromatic rings. The minimum Gasteiger partial charge on any atom is -0.294 e. The zero-order valence-corrected chi connectivity index (χ0v) is 13.6. The van der Waals surface area contributed by atoms with Crippen LogP contribution < -0.4 is 0 Å². The van der Waals surface area contributed by atoms with Crippen molar-refractivity contribution in [1.82, 2.24) is 0 Å². The Balaban J connectivity index is 2.12. The highest BCUT2D eigenvalue weighted by molar-refractivity contribution is 5.97. The summed E-state index contributed by atoms with van der Waals surface area (Å²) in [6, 6.07) is 20.2. The van der Waals surface area contributed by atoms with Gasteiger partial charge in [0.25, 0.3) is 0 Å². The van der Waals surface area contributed by atoms with Crippen molar-refractivity contribution in [2.24, 2.45) is 0 Å². The van der Waals surface area contributed by atoms with E-state index in [1.807, 2.05) is 0 Å². The van der Waals surface area contributed by atoms with Crippen LogP contribution in [0.1, 0.15) is 22.3 Å². The summed E-state index contributed by atoms with van der Waals surface area (Å²) in [7, 11) is 0. The molecule has 0 amide bonds. The van der Waals surface area contributed by atoms with E-state index in [0.29, 0.717) is 5.39 Å². The number of hydrogen-bond acceptors (Lipinski definition) is 2.